The van der Waals surface area contributed by atoms with E-state index in [1.165, 1.54) is 34.1 Å². The predicted octanol–water partition coefficient (Wildman–Crippen LogP) is 5.90. The van der Waals surface area contributed by atoms with Crippen molar-refractivity contribution in [2.75, 3.05) is 19.3 Å². The molecule has 3 aromatic rings. The summed E-state index contributed by atoms with van der Waals surface area (Å²) < 4.78 is 25.8. The maximum atomic E-state index is 12.1. The summed E-state index contributed by atoms with van der Waals surface area (Å²) in [5.74, 6) is 0.472. The molecule has 1 fully saturated rings. The molecule has 0 radical (unpaired) electrons. The van der Waals surface area contributed by atoms with Crippen molar-refractivity contribution in [3.8, 4) is 0 Å². The fraction of sp³-hybridized carbons (Fsp3) is 0.379. The molecular weight excluding hydrogens is 468 g/mol. The van der Waals surface area contributed by atoms with E-state index in [-0.39, 0.29) is 5.92 Å². The van der Waals surface area contributed by atoms with E-state index in [1.54, 1.807) is 10.6 Å². The lowest BCUT2D eigenvalue weighted by Crippen LogP contribution is -2.39. The normalized spacial score (nSPS) is 18.6. The lowest BCUT2D eigenvalue weighted by atomic mass is 9.76. The summed E-state index contributed by atoms with van der Waals surface area (Å²) in [6.45, 7) is 7.26. The Morgan fingerprint density at radius 1 is 1.17 bits per heavy atom. The summed E-state index contributed by atoms with van der Waals surface area (Å²) in [6, 6.07) is 10.9. The number of aryl methyl sites for hydroxylation is 1. The SMILES string of the molecule is CC.Cc1ccc2c(c1)C=C(C/C=C/c1cnc[nH]1)c1cccnc1C2C1CCN(S(C)(=O)=O)CC1. The van der Waals surface area contributed by atoms with Crippen LogP contribution in [0.5, 0.6) is 0 Å². The van der Waals surface area contributed by atoms with Crippen molar-refractivity contribution in [2.24, 2.45) is 5.92 Å². The van der Waals surface area contributed by atoms with Crippen molar-refractivity contribution >= 4 is 27.7 Å². The van der Waals surface area contributed by atoms with Gasteiger partial charge in [0.1, 0.15) is 0 Å². The van der Waals surface area contributed by atoms with Crippen molar-refractivity contribution in [2.45, 2.75) is 46.0 Å². The second-order valence-electron chi connectivity index (χ2n) is 9.33. The molecule has 1 aliphatic heterocycles. The first kappa shape index (κ1) is 26.0. The molecule has 0 bridgehead atoms. The first-order valence-electron chi connectivity index (χ1n) is 12.8. The number of fused-ring (bicyclic) bond motifs is 2. The van der Waals surface area contributed by atoms with E-state index in [0.717, 1.165) is 30.7 Å². The van der Waals surface area contributed by atoms with Crippen LogP contribution in [-0.4, -0.2) is 47.0 Å². The average molecular weight is 505 g/mol. The van der Waals surface area contributed by atoms with Crippen LogP contribution in [0.4, 0.5) is 0 Å². The van der Waals surface area contributed by atoms with Gasteiger partial charge >= 0.3 is 0 Å². The number of sulfonamides is 1. The highest BCUT2D eigenvalue weighted by Gasteiger charge is 2.35. The van der Waals surface area contributed by atoms with Crippen LogP contribution in [0.15, 0.2) is 55.1 Å². The quantitative estimate of drug-likeness (QED) is 0.469. The minimum absolute atomic E-state index is 0.138. The Morgan fingerprint density at radius 3 is 2.64 bits per heavy atom. The zero-order chi connectivity index (χ0) is 25.7. The molecule has 1 saturated heterocycles. The molecule has 0 saturated carbocycles. The van der Waals surface area contributed by atoms with Crippen LogP contribution in [0.3, 0.4) is 0 Å². The van der Waals surface area contributed by atoms with Crippen LogP contribution >= 0.6 is 0 Å². The zero-order valence-corrected chi connectivity index (χ0v) is 22.4. The Hall–Kier alpha value is -3.03. The maximum Gasteiger partial charge on any atom is 0.211 e. The molecule has 3 heterocycles. The summed E-state index contributed by atoms with van der Waals surface area (Å²) in [7, 11) is -3.16. The number of hydrogen-bond donors (Lipinski definition) is 1. The minimum Gasteiger partial charge on any atom is -0.345 e. The monoisotopic (exact) mass is 504 g/mol. The van der Waals surface area contributed by atoms with Crippen LogP contribution in [0.2, 0.25) is 0 Å². The van der Waals surface area contributed by atoms with Crippen molar-refractivity contribution in [1.29, 1.82) is 0 Å². The Labute approximate surface area is 215 Å². The van der Waals surface area contributed by atoms with Crippen molar-refractivity contribution < 1.29 is 8.42 Å². The molecular formula is C29H36N4O2S. The molecule has 1 unspecified atom stereocenters. The number of H-pyrrole nitrogens is 1. The van der Waals surface area contributed by atoms with E-state index in [1.807, 2.05) is 32.3 Å². The number of aromatic amines is 1. The molecule has 6 nitrogen and oxygen atoms in total. The predicted molar refractivity (Wildman–Crippen MR) is 148 cm³/mol. The van der Waals surface area contributed by atoms with E-state index < -0.39 is 10.0 Å². The smallest absolute Gasteiger partial charge is 0.211 e. The van der Waals surface area contributed by atoms with Crippen LogP contribution in [-0.2, 0) is 10.0 Å². The molecule has 1 N–H and O–H groups in total. The second-order valence-corrected chi connectivity index (χ2v) is 11.3. The molecule has 2 aliphatic rings. The summed E-state index contributed by atoms with van der Waals surface area (Å²) in [5, 5.41) is 0. The molecule has 2 aromatic heterocycles. The highest BCUT2D eigenvalue weighted by molar-refractivity contribution is 7.88. The van der Waals surface area contributed by atoms with E-state index >= 15 is 0 Å². The number of imidazole rings is 1. The van der Waals surface area contributed by atoms with Gasteiger partial charge in [0.05, 0.1) is 30.2 Å². The summed E-state index contributed by atoms with van der Waals surface area (Å²) in [4.78, 5) is 12.1. The summed E-state index contributed by atoms with van der Waals surface area (Å²) in [5.41, 5.74) is 8.25. The van der Waals surface area contributed by atoms with Crippen LogP contribution < -0.4 is 0 Å². The Bertz CT molecular complexity index is 1340. The van der Waals surface area contributed by atoms with E-state index in [4.69, 9.17) is 4.98 Å². The van der Waals surface area contributed by atoms with E-state index in [9.17, 15) is 8.42 Å². The topological polar surface area (TPSA) is 79.0 Å². The summed E-state index contributed by atoms with van der Waals surface area (Å²) in [6.07, 6.45) is 15.7. The third kappa shape index (κ3) is 5.68. The van der Waals surface area contributed by atoms with Crippen molar-refractivity contribution in [3.63, 3.8) is 0 Å². The summed E-state index contributed by atoms with van der Waals surface area (Å²) >= 11 is 0. The number of nitrogens with one attached hydrogen (secondary N) is 1. The number of allylic oxidation sites excluding steroid dienone is 2. The number of aromatic nitrogens is 3. The van der Waals surface area contributed by atoms with Gasteiger partial charge in [0.2, 0.25) is 10.0 Å². The Morgan fingerprint density at radius 2 is 1.94 bits per heavy atom. The third-order valence-corrected chi connectivity index (χ3v) is 8.28. The largest absolute Gasteiger partial charge is 0.345 e. The molecule has 7 heteroatoms. The van der Waals surface area contributed by atoms with Gasteiger partial charge in [0, 0.05) is 30.8 Å². The molecule has 1 atom stereocenters. The number of nitrogens with zero attached hydrogens (tertiary/aromatic N) is 3. The van der Waals surface area contributed by atoms with Gasteiger partial charge in [-0.3, -0.25) is 4.98 Å². The zero-order valence-electron chi connectivity index (χ0n) is 21.6. The highest BCUT2D eigenvalue weighted by Crippen LogP contribution is 2.45. The fourth-order valence-electron chi connectivity index (χ4n) is 5.31. The first-order chi connectivity index (χ1) is 17.4. The number of piperidine rings is 1. The van der Waals surface area contributed by atoms with Gasteiger partial charge in [-0.1, -0.05) is 55.8 Å². The maximum absolute atomic E-state index is 12.1. The Kier molecular flexibility index (Phi) is 8.21. The van der Waals surface area contributed by atoms with Gasteiger partial charge in [-0.15, -0.1) is 0 Å². The third-order valence-electron chi connectivity index (χ3n) is 6.98. The average Bonchev–Trinajstić information content (AvgIpc) is 3.35. The fourth-order valence-corrected chi connectivity index (χ4v) is 6.18. The number of hydrogen-bond acceptors (Lipinski definition) is 4. The van der Waals surface area contributed by atoms with Crippen molar-refractivity contribution in [1.82, 2.24) is 19.3 Å². The van der Waals surface area contributed by atoms with Gasteiger partial charge in [0.15, 0.2) is 0 Å². The van der Waals surface area contributed by atoms with E-state index in [2.05, 4.69) is 59.4 Å². The lowest BCUT2D eigenvalue weighted by Gasteiger charge is -2.35. The van der Waals surface area contributed by atoms with Gasteiger partial charge in [0.25, 0.3) is 0 Å². The molecule has 36 heavy (non-hydrogen) atoms. The molecule has 0 spiro atoms. The highest BCUT2D eigenvalue weighted by atomic mass is 32.2. The molecule has 1 aromatic carbocycles. The van der Waals surface area contributed by atoms with Gasteiger partial charge in [-0.2, -0.15) is 0 Å². The van der Waals surface area contributed by atoms with Gasteiger partial charge in [-0.25, -0.2) is 17.7 Å². The lowest BCUT2D eigenvalue weighted by molar-refractivity contribution is 0.256. The minimum atomic E-state index is -3.16. The van der Waals surface area contributed by atoms with Crippen LogP contribution in [0.25, 0.3) is 17.7 Å². The molecule has 5 rings (SSSR count). The number of pyridine rings is 1. The molecule has 0 amide bonds. The number of rotatable bonds is 5. The molecule has 190 valence electrons. The van der Waals surface area contributed by atoms with Gasteiger partial charge in [-0.05, 0) is 60.9 Å². The molecule has 1 aliphatic carbocycles. The van der Waals surface area contributed by atoms with E-state index in [0.29, 0.717) is 19.0 Å². The first-order valence-corrected chi connectivity index (χ1v) is 14.6. The number of benzene rings is 1. The van der Waals surface area contributed by atoms with Crippen LogP contribution in [0, 0.1) is 12.8 Å². The standard InChI is InChI=1S/C27H30N4O2S.C2H6/c1-19-8-9-24-22(15-19)16-21(5-3-6-23-17-28-18-30-23)25-7-4-12-29-27(25)26(24)20-10-13-31(14-11-20)34(2,32)33;1-2/h3-4,6-9,12,15-18,20,26H,5,10-11,13-14H2,1-2H3,(H,28,30);1-2H3/b6-3+;. The van der Waals surface area contributed by atoms with Gasteiger partial charge < -0.3 is 4.98 Å². The van der Waals surface area contributed by atoms with Crippen molar-refractivity contribution in [3.05, 3.63) is 88.8 Å². The Balaban J connectivity index is 0.00000148. The second kappa shape index (κ2) is 11.4. The van der Waals surface area contributed by atoms with Crippen LogP contribution in [0.1, 0.15) is 72.7 Å².